The first kappa shape index (κ1) is 18.8. The second kappa shape index (κ2) is 8.18. The van der Waals surface area contributed by atoms with Crippen LogP contribution in [0.25, 0.3) is 10.2 Å². The molecule has 0 fully saturated rings. The zero-order valence-corrected chi connectivity index (χ0v) is 16.3. The lowest BCUT2D eigenvalue weighted by Gasteiger charge is -2.16. The second-order valence-corrected chi connectivity index (χ2v) is 7.69. The van der Waals surface area contributed by atoms with Gasteiger partial charge in [0, 0.05) is 24.3 Å². The Labute approximate surface area is 162 Å². The number of amides is 3. The lowest BCUT2D eigenvalue weighted by atomic mass is 10.2. The van der Waals surface area contributed by atoms with E-state index in [0.717, 1.165) is 15.2 Å². The summed E-state index contributed by atoms with van der Waals surface area (Å²) in [5.41, 5.74) is 2.04. The molecule has 2 aromatic carbocycles. The number of carbonyl (C=O) groups is 2. The van der Waals surface area contributed by atoms with Gasteiger partial charge in [-0.25, -0.2) is 9.78 Å². The highest BCUT2D eigenvalue weighted by atomic mass is 32.1. The number of thiazole rings is 1. The molecule has 0 atom stereocenters. The minimum absolute atomic E-state index is 0.0368. The van der Waals surface area contributed by atoms with Gasteiger partial charge in [0.2, 0.25) is 0 Å². The summed E-state index contributed by atoms with van der Waals surface area (Å²) >= 11 is 1.59. The fourth-order valence-electron chi connectivity index (χ4n) is 2.64. The monoisotopic (exact) mass is 382 g/mol. The van der Waals surface area contributed by atoms with Crippen LogP contribution in [0.4, 0.5) is 10.5 Å². The Kier molecular flexibility index (Phi) is 5.71. The number of urea groups is 1. The number of rotatable bonds is 5. The maximum absolute atomic E-state index is 12.8. The maximum Gasteiger partial charge on any atom is 0.319 e. The Hall–Kier alpha value is -2.93. The fourth-order valence-corrected chi connectivity index (χ4v) is 3.66. The summed E-state index contributed by atoms with van der Waals surface area (Å²) in [6, 6.07) is 14.6. The van der Waals surface area contributed by atoms with Gasteiger partial charge in [-0.15, -0.1) is 11.3 Å². The molecule has 27 heavy (non-hydrogen) atoms. The van der Waals surface area contributed by atoms with Crippen LogP contribution in [0.15, 0.2) is 48.5 Å². The second-order valence-electron chi connectivity index (χ2n) is 6.57. The number of benzene rings is 2. The molecular formula is C20H22N4O2S. The van der Waals surface area contributed by atoms with E-state index < -0.39 is 0 Å². The molecule has 0 spiro atoms. The summed E-state index contributed by atoms with van der Waals surface area (Å²) in [5.74, 6) is -0.123. The van der Waals surface area contributed by atoms with E-state index in [1.54, 1.807) is 47.5 Å². The molecule has 1 heterocycles. The Morgan fingerprint density at radius 1 is 1.15 bits per heavy atom. The molecule has 0 unspecified atom stereocenters. The van der Waals surface area contributed by atoms with E-state index >= 15 is 0 Å². The zero-order valence-electron chi connectivity index (χ0n) is 15.5. The van der Waals surface area contributed by atoms with E-state index in [1.807, 2.05) is 38.1 Å². The first-order chi connectivity index (χ1) is 12.9. The van der Waals surface area contributed by atoms with Gasteiger partial charge in [0.05, 0.1) is 16.8 Å². The van der Waals surface area contributed by atoms with E-state index in [9.17, 15) is 9.59 Å². The summed E-state index contributed by atoms with van der Waals surface area (Å²) < 4.78 is 1.11. The molecule has 0 saturated heterocycles. The lowest BCUT2D eigenvalue weighted by Crippen LogP contribution is -2.34. The van der Waals surface area contributed by atoms with E-state index in [1.165, 1.54) is 0 Å². The number of aromatic nitrogens is 1. The summed E-state index contributed by atoms with van der Waals surface area (Å²) in [4.78, 5) is 30.8. The van der Waals surface area contributed by atoms with Crippen molar-refractivity contribution in [2.45, 2.75) is 26.4 Å². The van der Waals surface area contributed by atoms with Crippen molar-refractivity contribution in [2.75, 3.05) is 12.4 Å². The first-order valence-electron chi connectivity index (χ1n) is 8.70. The van der Waals surface area contributed by atoms with Crippen LogP contribution in [0.5, 0.6) is 0 Å². The van der Waals surface area contributed by atoms with Gasteiger partial charge >= 0.3 is 6.03 Å². The van der Waals surface area contributed by atoms with Crippen LogP contribution in [-0.2, 0) is 6.54 Å². The molecule has 3 amide bonds. The molecule has 7 heteroatoms. The van der Waals surface area contributed by atoms with Gasteiger partial charge in [-0.3, -0.25) is 4.79 Å². The van der Waals surface area contributed by atoms with Crippen molar-refractivity contribution in [2.24, 2.45) is 0 Å². The molecule has 2 N–H and O–H groups in total. The minimum Gasteiger partial charge on any atom is -0.336 e. The van der Waals surface area contributed by atoms with Gasteiger partial charge in [-0.2, -0.15) is 0 Å². The number of fused-ring (bicyclic) bond motifs is 1. The van der Waals surface area contributed by atoms with Crippen LogP contribution in [-0.4, -0.2) is 34.9 Å². The standard InChI is InChI=1S/C20H22N4O2S/c1-13(2)21-20(26)22-15-8-6-7-14(11-15)19(25)24(3)12-18-23-16-9-4-5-10-17(16)27-18/h4-11,13H,12H2,1-3H3,(H2,21,22,26). The van der Waals surface area contributed by atoms with Crippen molar-refractivity contribution >= 4 is 39.2 Å². The highest BCUT2D eigenvalue weighted by Gasteiger charge is 2.15. The average Bonchev–Trinajstić information content (AvgIpc) is 3.02. The van der Waals surface area contributed by atoms with E-state index in [-0.39, 0.29) is 18.0 Å². The number of hydrogen-bond donors (Lipinski definition) is 2. The van der Waals surface area contributed by atoms with Gasteiger partial charge in [0.1, 0.15) is 5.01 Å². The van der Waals surface area contributed by atoms with Crippen molar-refractivity contribution in [3.05, 3.63) is 59.1 Å². The van der Waals surface area contributed by atoms with Crippen LogP contribution >= 0.6 is 11.3 Å². The van der Waals surface area contributed by atoms with E-state index in [0.29, 0.717) is 17.8 Å². The van der Waals surface area contributed by atoms with Crippen molar-refractivity contribution in [1.29, 1.82) is 0 Å². The molecule has 0 aliphatic heterocycles. The van der Waals surface area contributed by atoms with Gasteiger partial charge in [0.15, 0.2) is 0 Å². The Balaban J connectivity index is 1.69. The first-order valence-corrected chi connectivity index (χ1v) is 9.51. The molecule has 6 nitrogen and oxygen atoms in total. The molecule has 3 aromatic rings. The summed E-state index contributed by atoms with van der Waals surface area (Å²) in [6.45, 7) is 4.21. The third kappa shape index (κ3) is 4.83. The van der Waals surface area contributed by atoms with E-state index in [4.69, 9.17) is 0 Å². The predicted molar refractivity (Wildman–Crippen MR) is 109 cm³/mol. The van der Waals surface area contributed by atoms with Crippen LogP contribution < -0.4 is 10.6 Å². The summed E-state index contributed by atoms with van der Waals surface area (Å²) in [5, 5.41) is 6.39. The quantitative estimate of drug-likeness (QED) is 0.698. The van der Waals surface area contributed by atoms with Crippen LogP contribution in [0.1, 0.15) is 29.2 Å². The van der Waals surface area contributed by atoms with Crippen molar-refractivity contribution in [3.8, 4) is 0 Å². The van der Waals surface area contributed by atoms with Crippen molar-refractivity contribution in [3.63, 3.8) is 0 Å². The van der Waals surface area contributed by atoms with Crippen LogP contribution in [0.2, 0.25) is 0 Å². The normalized spacial score (nSPS) is 10.8. The van der Waals surface area contributed by atoms with Crippen LogP contribution in [0, 0.1) is 0 Å². The molecule has 0 aliphatic rings. The molecule has 0 saturated carbocycles. The zero-order chi connectivity index (χ0) is 19.4. The van der Waals surface area contributed by atoms with Crippen LogP contribution in [0.3, 0.4) is 0 Å². The highest BCUT2D eigenvalue weighted by molar-refractivity contribution is 7.18. The van der Waals surface area contributed by atoms with Gasteiger partial charge in [-0.1, -0.05) is 18.2 Å². The third-order valence-corrected chi connectivity index (χ3v) is 4.87. The number of hydrogen-bond acceptors (Lipinski definition) is 4. The highest BCUT2D eigenvalue weighted by Crippen LogP contribution is 2.23. The van der Waals surface area contributed by atoms with E-state index in [2.05, 4.69) is 15.6 Å². The number of para-hydroxylation sites is 1. The fraction of sp³-hybridized carbons (Fsp3) is 0.250. The Morgan fingerprint density at radius 2 is 1.93 bits per heavy atom. The van der Waals surface area contributed by atoms with Gasteiger partial charge in [-0.05, 0) is 44.2 Å². The Morgan fingerprint density at radius 3 is 2.67 bits per heavy atom. The smallest absolute Gasteiger partial charge is 0.319 e. The molecule has 0 aliphatic carbocycles. The molecule has 3 rings (SSSR count). The number of nitrogens with zero attached hydrogens (tertiary/aromatic N) is 2. The van der Waals surface area contributed by atoms with Gasteiger partial charge in [0.25, 0.3) is 5.91 Å². The topological polar surface area (TPSA) is 74.3 Å². The maximum atomic E-state index is 12.8. The predicted octanol–water partition coefficient (Wildman–Crippen LogP) is 4.10. The summed E-state index contributed by atoms with van der Waals surface area (Å²) in [6.07, 6.45) is 0. The molecule has 140 valence electrons. The molecule has 0 bridgehead atoms. The third-order valence-electron chi connectivity index (χ3n) is 3.84. The average molecular weight is 382 g/mol. The molecular weight excluding hydrogens is 360 g/mol. The van der Waals surface area contributed by atoms with Crippen molar-refractivity contribution < 1.29 is 9.59 Å². The number of nitrogens with one attached hydrogen (secondary N) is 2. The molecule has 1 aromatic heterocycles. The SMILES string of the molecule is CC(C)NC(=O)Nc1cccc(C(=O)N(C)Cc2nc3ccccc3s2)c1. The Bertz CT molecular complexity index is 934. The number of carbonyl (C=O) groups excluding carboxylic acids is 2. The largest absolute Gasteiger partial charge is 0.336 e. The van der Waals surface area contributed by atoms with Crippen molar-refractivity contribution in [1.82, 2.24) is 15.2 Å². The van der Waals surface area contributed by atoms with Gasteiger partial charge < -0.3 is 15.5 Å². The summed E-state index contributed by atoms with van der Waals surface area (Å²) in [7, 11) is 1.75. The molecule has 0 radical (unpaired) electrons. The lowest BCUT2D eigenvalue weighted by molar-refractivity contribution is 0.0785. The minimum atomic E-state index is -0.294. The number of anilines is 1.